The van der Waals surface area contributed by atoms with E-state index < -0.39 is 0 Å². The van der Waals surface area contributed by atoms with E-state index in [1.165, 1.54) is 18.6 Å². The number of nitrogens with zero attached hydrogens (tertiary/aromatic N) is 3. The smallest absolute Gasteiger partial charge is 0.249 e. The Morgan fingerprint density at radius 1 is 1.41 bits per heavy atom. The molecular weight excluding hydrogens is 260 g/mol. The first-order chi connectivity index (χ1) is 8.16. The van der Waals surface area contributed by atoms with Crippen molar-refractivity contribution >= 4 is 28.8 Å². The highest BCUT2D eigenvalue weighted by Crippen LogP contribution is 2.23. The van der Waals surface area contributed by atoms with Gasteiger partial charge in [-0.15, -0.1) is 5.10 Å². The molecule has 86 valence electrons. The van der Waals surface area contributed by atoms with Gasteiger partial charge in [-0.3, -0.25) is 4.98 Å². The Morgan fingerprint density at radius 2 is 2.24 bits per heavy atom. The molecule has 0 bridgehead atoms. The van der Waals surface area contributed by atoms with Gasteiger partial charge in [-0.1, -0.05) is 23.8 Å². The normalized spacial score (nSPS) is 9.94. The molecule has 2 N–H and O–H groups in total. The van der Waals surface area contributed by atoms with E-state index in [1.54, 1.807) is 12.1 Å². The van der Waals surface area contributed by atoms with Crippen molar-refractivity contribution in [3.63, 3.8) is 0 Å². The Hall–Kier alpha value is -1.79. The Balaban J connectivity index is 2.33. The zero-order valence-corrected chi connectivity index (χ0v) is 10.1. The first-order valence-corrected chi connectivity index (χ1v) is 5.35. The number of hydrogen-bond donors (Lipinski definition) is 1. The van der Waals surface area contributed by atoms with E-state index >= 15 is 0 Å². The second-order valence-electron chi connectivity index (χ2n) is 3.06. The summed E-state index contributed by atoms with van der Waals surface area (Å²) in [5.41, 5.74) is 6.05. The highest BCUT2D eigenvalue weighted by molar-refractivity contribution is 7.80. The number of ether oxygens (including phenoxy) is 1. The maximum atomic E-state index is 5.78. The minimum atomic E-state index is 0.185. The Morgan fingerprint density at radius 3 is 2.94 bits per heavy atom. The second kappa shape index (κ2) is 5.03. The van der Waals surface area contributed by atoms with Gasteiger partial charge in [-0.25, -0.2) is 0 Å². The largest absolute Gasteiger partial charge is 0.435 e. The predicted octanol–water partition coefficient (Wildman–Crippen LogP) is 1.95. The van der Waals surface area contributed by atoms with E-state index in [0.29, 0.717) is 16.3 Å². The number of nitrogens with two attached hydrogens (primary N) is 1. The third-order valence-corrected chi connectivity index (χ3v) is 2.27. The monoisotopic (exact) mass is 266 g/mol. The summed E-state index contributed by atoms with van der Waals surface area (Å²) in [6.07, 6.45) is 4.49. The van der Waals surface area contributed by atoms with E-state index in [0.717, 1.165) is 0 Å². The molecule has 0 aliphatic heterocycles. The molecule has 0 aliphatic rings. The molecule has 0 unspecified atom stereocenters. The summed E-state index contributed by atoms with van der Waals surface area (Å²) in [6.45, 7) is 0. The van der Waals surface area contributed by atoms with Crippen molar-refractivity contribution in [3.8, 4) is 11.6 Å². The molecule has 0 radical (unpaired) electrons. The quantitative estimate of drug-likeness (QED) is 0.856. The zero-order chi connectivity index (χ0) is 12.3. The van der Waals surface area contributed by atoms with Gasteiger partial charge in [0.15, 0.2) is 0 Å². The van der Waals surface area contributed by atoms with Crippen LogP contribution < -0.4 is 10.5 Å². The van der Waals surface area contributed by atoms with Crippen LogP contribution in [0.15, 0.2) is 30.7 Å². The minimum Gasteiger partial charge on any atom is -0.435 e. The third kappa shape index (κ3) is 2.86. The van der Waals surface area contributed by atoms with Gasteiger partial charge >= 0.3 is 0 Å². The lowest BCUT2D eigenvalue weighted by Crippen LogP contribution is -2.12. The maximum absolute atomic E-state index is 5.78. The Bertz CT molecular complexity index is 564. The van der Waals surface area contributed by atoms with Gasteiger partial charge in [0.1, 0.15) is 10.7 Å². The molecule has 0 saturated carbocycles. The highest BCUT2D eigenvalue weighted by Gasteiger charge is 2.09. The van der Waals surface area contributed by atoms with Crippen molar-refractivity contribution in [3.05, 3.63) is 41.3 Å². The van der Waals surface area contributed by atoms with Crippen LogP contribution in [0.4, 0.5) is 0 Å². The van der Waals surface area contributed by atoms with Crippen molar-refractivity contribution in [2.24, 2.45) is 5.73 Å². The van der Waals surface area contributed by atoms with Gasteiger partial charge in [0.05, 0.1) is 23.0 Å². The fraction of sp³-hybridized carbons (Fsp3) is 0. The molecule has 0 aliphatic carbocycles. The number of rotatable bonds is 3. The van der Waals surface area contributed by atoms with E-state index in [2.05, 4.69) is 15.2 Å². The van der Waals surface area contributed by atoms with Crippen LogP contribution in [-0.2, 0) is 0 Å². The number of hydrogen-bond acceptors (Lipinski definition) is 5. The first kappa shape index (κ1) is 11.7. The molecule has 0 amide bonds. The Labute approximate surface area is 108 Å². The van der Waals surface area contributed by atoms with Gasteiger partial charge in [-0.2, -0.15) is 5.10 Å². The topological polar surface area (TPSA) is 73.9 Å². The maximum Gasteiger partial charge on any atom is 0.249 e. The molecule has 0 spiro atoms. The fourth-order valence-corrected chi connectivity index (χ4v) is 1.46. The van der Waals surface area contributed by atoms with E-state index in [4.69, 9.17) is 34.3 Å². The van der Waals surface area contributed by atoms with Crippen molar-refractivity contribution in [1.29, 1.82) is 0 Å². The molecule has 0 atom stereocenters. The molecule has 0 saturated heterocycles. The third-order valence-electron chi connectivity index (χ3n) is 1.85. The summed E-state index contributed by atoms with van der Waals surface area (Å²) in [5, 5.41) is 7.98. The lowest BCUT2D eigenvalue weighted by Gasteiger charge is -2.07. The van der Waals surface area contributed by atoms with Crippen LogP contribution in [0.3, 0.4) is 0 Å². The standard InChI is InChI=1S/C10H7ClN4OS/c11-6-3-7(5-13-4-6)16-10-8(9(12)17)1-2-14-15-10/h1-5H,(H2,12,17). The minimum absolute atomic E-state index is 0.185. The lowest BCUT2D eigenvalue weighted by atomic mass is 10.3. The van der Waals surface area contributed by atoms with Crippen molar-refractivity contribution in [2.75, 3.05) is 0 Å². The van der Waals surface area contributed by atoms with Crippen LogP contribution in [0.25, 0.3) is 0 Å². The predicted molar refractivity (Wildman–Crippen MR) is 67.2 cm³/mol. The summed E-state index contributed by atoms with van der Waals surface area (Å²) in [6, 6.07) is 3.23. The number of thiocarbonyl (C=S) groups is 1. The van der Waals surface area contributed by atoms with Crippen molar-refractivity contribution in [2.45, 2.75) is 0 Å². The van der Waals surface area contributed by atoms with Crippen LogP contribution >= 0.6 is 23.8 Å². The van der Waals surface area contributed by atoms with Crippen LogP contribution in [0, 0.1) is 0 Å². The zero-order valence-electron chi connectivity index (χ0n) is 8.50. The SMILES string of the molecule is NC(=S)c1ccnnc1Oc1cncc(Cl)c1. The molecule has 17 heavy (non-hydrogen) atoms. The number of aromatic nitrogens is 3. The summed E-state index contributed by atoms with van der Waals surface area (Å²) in [5.74, 6) is 0.666. The van der Waals surface area contributed by atoms with Gasteiger partial charge in [0.25, 0.3) is 0 Å². The summed E-state index contributed by atoms with van der Waals surface area (Å²) < 4.78 is 5.46. The van der Waals surface area contributed by atoms with Crippen molar-refractivity contribution in [1.82, 2.24) is 15.2 Å². The molecule has 2 rings (SSSR count). The second-order valence-corrected chi connectivity index (χ2v) is 3.93. The van der Waals surface area contributed by atoms with Crippen LogP contribution in [0.1, 0.15) is 5.56 Å². The number of halogens is 1. The summed E-state index contributed by atoms with van der Waals surface area (Å²) in [4.78, 5) is 4.07. The van der Waals surface area contributed by atoms with Gasteiger partial charge in [-0.05, 0) is 6.07 Å². The van der Waals surface area contributed by atoms with Crippen LogP contribution in [0.5, 0.6) is 11.6 Å². The average Bonchev–Trinajstić information content (AvgIpc) is 2.29. The fourth-order valence-electron chi connectivity index (χ4n) is 1.14. The molecule has 2 aromatic heterocycles. The van der Waals surface area contributed by atoms with E-state index in [9.17, 15) is 0 Å². The number of pyridine rings is 1. The highest BCUT2D eigenvalue weighted by atomic mass is 35.5. The molecular formula is C10H7ClN4OS. The van der Waals surface area contributed by atoms with Gasteiger partial charge in [0.2, 0.25) is 5.88 Å². The molecule has 2 aromatic rings. The average molecular weight is 267 g/mol. The summed E-state index contributed by atoms with van der Waals surface area (Å²) in [7, 11) is 0. The molecule has 7 heteroatoms. The first-order valence-electron chi connectivity index (χ1n) is 4.56. The van der Waals surface area contributed by atoms with E-state index in [1.807, 2.05) is 0 Å². The molecule has 0 fully saturated rings. The van der Waals surface area contributed by atoms with Crippen molar-refractivity contribution < 1.29 is 4.74 Å². The van der Waals surface area contributed by atoms with Gasteiger partial charge in [0, 0.05) is 12.3 Å². The van der Waals surface area contributed by atoms with Gasteiger partial charge < -0.3 is 10.5 Å². The lowest BCUT2D eigenvalue weighted by molar-refractivity contribution is 0.452. The molecule has 5 nitrogen and oxygen atoms in total. The molecule has 2 heterocycles. The summed E-state index contributed by atoms with van der Waals surface area (Å²) >= 11 is 10.7. The van der Waals surface area contributed by atoms with Crippen LogP contribution in [0.2, 0.25) is 5.02 Å². The Kier molecular flexibility index (Phi) is 3.46. The van der Waals surface area contributed by atoms with E-state index in [-0.39, 0.29) is 10.9 Å². The molecule has 0 aromatic carbocycles. The van der Waals surface area contributed by atoms with Crippen LogP contribution in [-0.4, -0.2) is 20.2 Å².